The van der Waals surface area contributed by atoms with Crippen molar-refractivity contribution in [2.24, 2.45) is 5.73 Å². The molecule has 1 aromatic carbocycles. The zero-order valence-electron chi connectivity index (χ0n) is 11.5. The molecule has 21 heavy (non-hydrogen) atoms. The number of halogens is 1. The van der Waals surface area contributed by atoms with Crippen LogP contribution in [0.25, 0.3) is 0 Å². The van der Waals surface area contributed by atoms with E-state index in [1.54, 1.807) is 23.1 Å². The Morgan fingerprint density at radius 2 is 2.00 bits per heavy atom. The van der Waals surface area contributed by atoms with Crippen molar-refractivity contribution < 1.29 is 9.72 Å². The molecule has 2 rings (SSSR count). The van der Waals surface area contributed by atoms with E-state index in [1.807, 2.05) is 0 Å². The fraction of sp³-hybridized carbons (Fsp3) is 0.462. The minimum atomic E-state index is -0.466. The Labute approximate surface area is 129 Å². The van der Waals surface area contributed by atoms with E-state index in [2.05, 4.69) is 5.32 Å². The third-order valence-electron chi connectivity index (χ3n) is 3.42. The minimum absolute atomic E-state index is 0. The van der Waals surface area contributed by atoms with Crippen LogP contribution >= 0.6 is 12.4 Å². The number of nitrogens with zero attached hydrogens (tertiary/aromatic N) is 2. The number of hydrogen-bond acceptors (Lipinski definition) is 5. The van der Waals surface area contributed by atoms with Crippen molar-refractivity contribution in [3.63, 3.8) is 0 Å². The second kappa shape index (κ2) is 7.80. The summed E-state index contributed by atoms with van der Waals surface area (Å²) in [6.45, 7) is 1.36. The van der Waals surface area contributed by atoms with Gasteiger partial charge in [-0.2, -0.15) is 0 Å². The molecule has 0 aromatic heterocycles. The molecule has 1 amide bonds. The molecule has 1 fully saturated rings. The molecule has 0 radical (unpaired) electrons. The van der Waals surface area contributed by atoms with Gasteiger partial charge in [0.2, 0.25) is 5.91 Å². The number of carbonyl (C=O) groups is 1. The van der Waals surface area contributed by atoms with Gasteiger partial charge in [-0.1, -0.05) is 12.1 Å². The largest absolute Gasteiger partial charge is 0.371 e. The maximum absolute atomic E-state index is 12.0. The molecule has 7 nitrogen and oxygen atoms in total. The van der Waals surface area contributed by atoms with Crippen molar-refractivity contribution in [2.45, 2.75) is 18.9 Å². The maximum atomic E-state index is 12.0. The van der Waals surface area contributed by atoms with Gasteiger partial charge >= 0.3 is 0 Å². The Morgan fingerprint density at radius 1 is 1.38 bits per heavy atom. The lowest BCUT2D eigenvalue weighted by Gasteiger charge is -2.30. The molecule has 1 aromatic rings. The summed E-state index contributed by atoms with van der Waals surface area (Å²) in [5, 5.41) is 13.7. The van der Waals surface area contributed by atoms with Crippen molar-refractivity contribution in [1.82, 2.24) is 4.90 Å². The first-order valence-corrected chi connectivity index (χ1v) is 6.58. The highest BCUT2D eigenvalue weighted by atomic mass is 35.5. The van der Waals surface area contributed by atoms with Crippen molar-refractivity contribution in [3.05, 3.63) is 34.4 Å². The zero-order chi connectivity index (χ0) is 14.5. The number of benzene rings is 1. The second-order valence-corrected chi connectivity index (χ2v) is 4.85. The zero-order valence-corrected chi connectivity index (χ0v) is 12.3. The van der Waals surface area contributed by atoms with Crippen LogP contribution in [0.3, 0.4) is 0 Å². The minimum Gasteiger partial charge on any atom is -0.371 e. The molecule has 0 spiro atoms. The number of likely N-dealkylation sites (tertiary alicyclic amines) is 1. The van der Waals surface area contributed by atoms with Gasteiger partial charge in [0.1, 0.15) is 5.69 Å². The first kappa shape index (κ1) is 17.2. The molecule has 1 aliphatic heterocycles. The average Bonchev–Trinajstić information content (AvgIpc) is 2.45. The molecule has 8 heteroatoms. The van der Waals surface area contributed by atoms with E-state index in [0.29, 0.717) is 18.8 Å². The summed E-state index contributed by atoms with van der Waals surface area (Å²) in [7, 11) is 0. The second-order valence-electron chi connectivity index (χ2n) is 4.85. The van der Waals surface area contributed by atoms with Crippen LogP contribution in [0.5, 0.6) is 0 Å². The highest BCUT2D eigenvalue weighted by Crippen LogP contribution is 2.22. The number of amides is 1. The number of anilines is 1. The van der Waals surface area contributed by atoms with Gasteiger partial charge < -0.3 is 16.0 Å². The molecular formula is C13H19ClN4O3. The molecular weight excluding hydrogens is 296 g/mol. The molecule has 1 heterocycles. The fourth-order valence-corrected chi connectivity index (χ4v) is 2.21. The molecule has 1 aliphatic rings. The maximum Gasteiger partial charge on any atom is 0.292 e. The third-order valence-corrected chi connectivity index (χ3v) is 3.42. The topological polar surface area (TPSA) is 102 Å². The summed E-state index contributed by atoms with van der Waals surface area (Å²) in [5.74, 6) is -0.0601. The monoisotopic (exact) mass is 314 g/mol. The molecule has 0 saturated carbocycles. The lowest BCUT2D eigenvalue weighted by atomic mass is 10.1. The summed E-state index contributed by atoms with van der Waals surface area (Å²) in [6.07, 6.45) is 1.61. The number of nitro groups is 1. The molecule has 0 atom stereocenters. The lowest BCUT2D eigenvalue weighted by Crippen LogP contribution is -2.44. The van der Waals surface area contributed by atoms with Crippen LogP contribution in [0.2, 0.25) is 0 Å². The number of rotatable bonds is 4. The van der Waals surface area contributed by atoms with Crippen LogP contribution in [-0.2, 0) is 4.79 Å². The van der Waals surface area contributed by atoms with E-state index in [-0.39, 0.29) is 36.6 Å². The van der Waals surface area contributed by atoms with E-state index >= 15 is 0 Å². The van der Waals surface area contributed by atoms with Crippen LogP contribution in [0, 0.1) is 10.1 Å². The molecule has 0 aliphatic carbocycles. The average molecular weight is 315 g/mol. The molecule has 0 bridgehead atoms. The summed E-state index contributed by atoms with van der Waals surface area (Å²) in [6, 6.07) is 6.46. The third kappa shape index (κ3) is 4.57. The normalized spacial score (nSPS) is 15.2. The first-order valence-electron chi connectivity index (χ1n) is 6.58. The van der Waals surface area contributed by atoms with Crippen LogP contribution in [0.15, 0.2) is 24.3 Å². The summed E-state index contributed by atoms with van der Waals surface area (Å²) < 4.78 is 0. The SMILES string of the molecule is Cl.NC1CCN(C(=O)CNc2ccccc2[N+](=O)[O-])CC1. The van der Waals surface area contributed by atoms with Gasteiger partial charge in [0.25, 0.3) is 5.69 Å². The Morgan fingerprint density at radius 3 is 2.62 bits per heavy atom. The molecule has 1 saturated heterocycles. The summed E-state index contributed by atoms with van der Waals surface area (Å²) in [5.41, 5.74) is 6.12. The van der Waals surface area contributed by atoms with Crippen LogP contribution in [-0.4, -0.2) is 41.4 Å². The standard InChI is InChI=1S/C13H18N4O3.ClH/c14-10-5-7-16(8-6-10)13(18)9-15-11-3-1-2-4-12(11)17(19)20;/h1-4,10,15H,5-9,14H2;1H. The fourth-order valence-electron chi connectivity index (χ4n) is 2.21. The Hall–Kier alpha value is -1.86. The van der Waals surface area contributed by atoms with Gasteiger partial charge in [0.15, 0.2) is 0 Å². The van der Waals surface area contributed by atoms with Gasteiger partial charge in [0, 0.05) is 25.2 Å². The highest BCUT2D eigenvalue weighted by molar-refractivity contribution is 5.85. The van der Waals surface area contributed by atoms with Crippen LogP contribution in [0.4, 0.5) is 11.4 Å². The van der Waals surface area contributed by atoms with E-state index in [4.69, 9.17) is 5.73 Å². The number of para-hydroxylation sites is 2. The quantitative estimate of drug-likeness (QED) is 0.645. The van der Waals surface area contributed by atoms with Gasteiger partial charge in [-0.15, -0.1) is 12.4 Å². The van der Waals surface area contributed by atoms with Gasteiger partial charge in [-0.05, 0) is 18.9 Å². The number of piperidine rings is 1. The smallest absolute Gasteiger partial charge is 0.292 e. The summed E-state index contributed by atoms with van der Waals surface area (Å²) >= 11 is 0. The Balaban J connectivity index is 0.00000220. The van der Waals surface area contributed by atoms with Crippen molar-refractivity contribution in [2.75, 3.05) is 25.0 Å². The van der Waals surface area contributed by atoms with Crippen LogP contribution in [0.1, 0.15) is 12.8 Å². The van der Waals surface area contributed by atoms with E-state index in [1.165, 1.54) is 6.07 Å². The Bertz CT molecular complexity index is 504. The molecule has 3 N–H and O–H groups in total. The highest BCUT2D eigenvalue weighted by Gasteiger charge is 2.21. The Kier molecular flexibility index (Phi) is 6.39. The molecule has 116 valence electrons. The van der Waals surface area contributed by atoms with E-state index < -0.39 is 4.92 Å². The van der Waals surface area contributed by atoms with Crippen molar-refractivity contribution in [1.29, 1.82) is 0 Å². The van der Waals surface area contributed by atoms with Gasteiger partial charge in [-0.3, -0.25) is 14.9 Å². The van der Waals surface area contributed by atoms with Crippen LogP contribution < -0.4 is 11.1 Å². The number of hydrogen-bond donors (Lipinski definition) is 2. The van der Waals surface area contributed by atoms with Crippen molar-refractivity contribution in [3.8, 4) is 0 Å². The molecule has 0 unspecified atom stereocenters. The van der Waals surface area contributed by atoms with Gasteiger partial charge in [0.05, 0.1) is 11.5 Å². The van der Waals surface area contributed by atoms with Gasteiger partial charge in [-0.25, -0.2) is 0 Å². The summed E-state index contributed by atoms with van der Waals surface area (Å²) in [4.78, 5) is 24.1. The predicted octanol–water partition coefficient (Wildman–Crippen LogP) is 1.38. The number of carbonyl (C=O) groups excluding carboxylic acids is 1. The number of nitrogens with two attached hydrogens (primary N) is 1. The predicted molar refractivity (Wildman–Crippen MR) is 82.6 cm³/mol. The van der Waals surface area contributed by atoms with E-state index in [0.717, 1.165) is 12.8 Å². The number of nitro benzene ring substituents is 1. The first-order chi connectivity index (χ1) is 9.58. The lowest BCUT2D eigenvalue weighted by molar-refractivity contribution is -0.383. The van der Waals surface area contributed by atoms with E-state index in [9.17, 15) is 14.9 Å². The number of nitrogens with one attached hydrogen (secondary N) is 1. The van der Waals surface area contributed by atoms with Crippen molar-refractivity contribution >= 4 is 29.7 Å².